The zero-order valence-electron chi connectivity index (χ0n) is 8.89. The molecule has 0 heterocycles. The topological polar surface area (TPSA) is 95.6 Å². The summed E-state index contributed by atoms with van der Waals surface area (Å²) in [7, 11) is 0. The van der Waals surface area contributed by atoms with Gasteiger partial charge in [-0.05, 0) is 18.1 Å². The second-order valence-electron chi connectivity index (χ2n) is 3.46. The van der Waals surface area contributed by atoms with Gasteiger partial charge < -0.3 is 21.3 Å². The van der Waals surface area contributed by atoms with E-state index in [-0.39, 0.29) is 12.4 Å². The predicted molar refractivity (Wildman–Crippen MR) is 59.9 cm³/mol. The molecule has 0 spiro atoms. The Kier molecular flexibility index (Phi) is 4.75. The SMILES string of the molecule is NC(CO)C(=O)NCCc1ccccc1O. The molecular formula is C11H16N2O3. The number of nitrogens with one attached hydrogen (secondary N) is 1. The lowest BCUT2D eigenvalue weighted by Crippen LogP contribution is -2.43. The van der Waals surface area contributed by atoms with Crippen LogP contribution in [0.2, 0.25) is 0 Å². The highest BCUT2D eigenvalue weighted by atomic mass is 16.3. The van der Waals surface area contributed by atoms with Gasteiger partial charge in [0.2, 0.25) is 5.91 Å². The monoisotopic (exact) mass is 224 g/mol. The predicted octanol–water partition coefficient (Wildman–Crippen LogP) is -0.629. The van der Waals surface area contributed by atoms with Crippen molar-refractivity contribution in [1.82, 2.24) is 5.32 Å². The van der Waals surface area contributed by atoms with Gasteiger partial charge in [0.05, 0.1) is 6.61 Å². The Morgan fingerprint density at radius 3 is 2.75 bits per heavy atom. The van der Waals surface area contributed by atoms with E-state index >= 15 is 0 Å². The first-order chi connectivity index (χ1) is 7.65. The fraction of sp³-hybridized carbons (Fsp3) is 0.364. The highest BCUT2D eigenvalue weighted by Crippen LogP contribution is 2.15. The number of para-hydroxylation sites is 1. The van der Waals surface area contributed by atoms with Crippen LogP contribution in [0, 0.1) is 0 Å². The lowest BCUT2D eigenvalue weighted by Gasteiger charge is -2.09. The number of amides is 1. The normalized spacial score (nSPS) is 12.1. The molecule has 1 rings (SSSR count). The lowest BCUT2D eigenvalue weighted by molar-refractivity contribution is -0.123. The van der Waals surface area contributed by atoms with Crippen LogP contribution in [-0.4, -0.2) is 35.3 Å². The molecule has 16 heavy (non-hydrogen) atoms. The molecule has 0 saturated carbocycles. The van der Waals surface area contributed by atoms with Gasteiger partial charge in [-0.3, -0.25) is 4.79 Å². The second-order valence-corrected chi connectivity index (χ2v) is 3.46. The number of rotatable bonds is 5. The van der Waals surface area contributed by atoms with Crippen LogP contribution in [-0.2, 0) is 11.2 Å². The molecule has 5 N–H and O–H groups in total. The van der Waals surface area contributed by atoms with Crippen molar-refractivity contribution in [3.05, 3.63) is 29.8 Å². The molecule has 0 aliphatic carbocycles. The Morgan fingerprint density at radius 2 is 2.12 bits per heavy atom. The van der Waals surface area contributed by atoms with Gasteiger partial charge in [0, 0.05) is 6.54 Å². The minimum atomic E-state index is -0.885. The Morgan fingerprint density at radius 1 is 1.44 bits per heavy atom. The van der Waals surface area contributed by atoms with E-state index in [9.17, 15) is 9.90 Å². The molecule has 1 aromatic rings. The van der Waals surface area contributed by atoms with E-state index in [1.54, 1.807) is 18.2 Å². The quantitative estimate of drug-likeness (QED) is 0.535. The number of phenolic OH excluding ortho intramolecular Hbond substituents is 1. The molecule has 0 fully saturated rings. The van der Waals surface area contributed by atoms with Crippen LogP contribution in [0.1, 0.15) is 5.56 Å². The molecule has 0 aliphatic rings. The van der Waals surface area contributed by atoms with Gasteiger partial charge in [-0.15, -0.1) is 0 Å². The van der Waals surface area contributed by atoms with Gasteiger partial charge >= 0.3 is 0 Å². The minimum absolute atomic E-state index is 0.211. The average molecular weight is 224 g/mol. The summed E-state index contributed by atoms with van der Waals surface area (Å²) in [4.78, 5) is 11.2. The summed E-state index contributed by atoms with van der Waals surface area (Å²) < 4.78 is 0. The fourth-order valence-electron chi connectivity index (χ4n) is 1.26. The average Bonchev–Trinajstić information content (AvgIpc) is 2.30. The molecule has 5 heteroatoms. The Hall–Kier alpha value is -1.59. The largest absolute Gasteiger partial charge is 0.508 e. The van der Waals surface area contributed by atoms with Crippen molar-refractivity contribution >= 4 is 5.91 Å². The maximum Gasteiger partial charge on any atom is 0.239 e. The van der Waals surface area contributed by atoms with Crippen LogP contribution in [0.15, 0.2) is 24.3 Å². The molecule has 0 radical (unpaired) electrons. The van der Waals surface area contributed by atoms with Crippen molar-refractivity contribution in [3.8, 4) is 5.75 Å². The van der Waals surface area contributed by atoms with Crippen molar-refractivity contribution in [2.75, 3.05) is 13.2 Å². The third kappa shape index (κ3) is 3.52. The maximum atomic E-state index is 11.2. The molecule has 0 aliphatic heterocycles. The number of nitrogens with two attached hydrogens (primary N) is 1. The first-order valence-electron chi connectivity index (χ1n) is 5.06. The Bertz CT molecular complexity index is 355. The van der Waals surface area contributed by atoms with E-state index in [0.717, 1.165) is 5.56 Å². The number of phenols is 1. The first-order valence-corrected chi connectivity index (χ1v) is 5.06. The highest BCUT2D eigenvalue weighted by molar-refractivity contribution is 5.81. The summed E-state index contributed by atoms with van der Waals surface area (Å²) in [5.41, 5.74) is 6.08. The standard InChI is InChI=1S/C11H16N2O3/c12-9(7-14)11(16)13-6-5-8-3-1-2-4-10(8)15/h1-4,9,14-15H,5-7,12H2,(H,13,16). The molecule has 5 nitrogen and oxygen atoms in total. The highest BCUT2D eigenvalue weighted by Gasteiger charge is 2.10. The molecule has 1 amide bonds. The molecule has 0 aromatic heterocycles. The summed E-state index contributed by atoms with van der Waals surface area (Å²) >= 11 is 0. The van der Waals surface area contributed by atoms with Gasteiger partial charge in [0.15, 0.2) is 0 Å². The van der Waals surface area contributed by atoms with E-state index < -0.39 is 11.9 Å². The number of benzene rings is 1. The van der Waals surface area contributed by atoms with Crippen molar-refractivity contribution in [1.29, 1.82) is 0 Å². The second kappa shape index (κ2) is 6.09. The summed E-state index contributed by atoms with van der Waals surface area (Å²) in [6.45, 7) is 0.00648. The number of aliphatic hydroxyl groups excluding tert-OH is 1. The van der Waals surface area contributed by atoms with Crippen LogP contribution < -0.4 is 11.1 Å². The maximum absolute atomic E-state index is 11.2. The van der Waals surface area contributed by atoms with Crippen LogP contribution in [0.25, 0.3) is 0 Å². The molecular weight excluding hydrogens is 208 g/mol. The molecule has 1 atom stereocenters. The fourth-order valence-corrected chi connectivity index (χ4v) is 1.26. The Labute approximate surface area is 93.9 Å². The zero-order valence-corrected chi connectivity index (χ0v) is 8.89. The van der Waals surface area contributed by atoms with Gasteiger partial charge in [-0.25, -0.2) is 0 Å². The molecule has 88 valence electrons. The number of carbonyl (C=O) groups excluding carboxylic acids is 1. The van der Waals surface area contributed by atoms with Crippen molar-refractivity contribution < 1.29 is 15.0 Å². The van der Waals surface area contributed by atoms with Crippen LogP contribution in [0.4, 0.5) is 0 Å². The minimum Gasteiger partial charge on any atom is -0.508 e. The van der Waals surface area contributed by atoms with Gasteiger partial charge in [-0.2, -0.15) is 0 Å². The van der Waals surface area contributed by atoms with E-state index in [2.05, 4.69) is 5.32 Å². The lowest BCUT2D eigenvalue weighted by atomic mass is 10.1. The van der Waals surface area contributed by atoms with Crippen molar-refractivity contribution in [2.45, 2.75) is 12.5 Å². The van der Waals surface area contributed by atoms with Crippen molar-refractivity contribution in [3.63, 3.8) is 0 Å². The van der Waals surface area contributed by atoms with E-state index in [1.165, 1.54) is 0 Å². The van der Waals surface area contributed by atoms with E-state index in [0.29, 0.717) is 13.0 Å². The number of aromatic hydroxyl groups is 1. The molecule has 0 saturated heterocycles. The number of hydrogen-bond donors (Lipinski definition) is 4. The summed E-state index contributed by atoms with van der Waals surface area (Å²) in [5, 5.41) is 20.7. The summed E-state index contributed by atoms with van der Waals surface area (Å²) in [5.74, 6) is -0.180. The third-order valence-corrected chi connectivity index (χ3v) is 2.22. The zero-order chi connectivity index (χ0) is 12.0. The van der Waals surface area contributed by atoms with E-state index in [1.807, 2.05) is 6.07 Å². The van der Waals surface area contributed by atoms with Crippen LogP contribution in [0.5, 0.6) is 5.75 Å². The van der Waals surface area contributed by atoms with Crippen molar-refractivity contribution in [2.24, 2.45) is 5.73 Å². The first kappa shape index (κ1) is 12.5. The van der Waals surface area contributed by atoms with Crippen LogP contribution >= 0.6 is 0 Å². The smallest absolute Gasteiger partial charge is 0.239 e. The molecule has 1 unspecified atom stereocenters. The van der Waals surface area contributed by atoms with Gasteiger partial charge in [-0.1, -0.05) is 18.2 Å². The molecule has 1 aromatic carbocycles. The van der Waals surface area contributed by atoms with Crippen LogP contribution in [0.3, 0.4) is 0 Å². The summed E-state index contributed by atoms with van der Waals surface area (Å²) in [6.07, 6.45) is 0.524. The molecule has 0 bridgehead atoms. The number of carbonyl (C=O) groups is 1. The Balaban J connectivity index is 2.36. The van der Waals surface area contributed by atoms with E-state index in [4.69, 9.17) is 10.8 Å². The van der Waals surface area contributed by atoms with Gasteiger partial charge in [0.1, 0.15) is 11.8 Å². The summed E-state index contributed by atoms with van der Waals surface area (Å²) in [6, 6.07) is 6.05. The number of aliphatic hydroxyl groups is 1. The van der Waals surface area contributed by atoms with Gasteiger partial charge in [0.25, 0.3) is 0 Å². The number of hydrogen-bond acceptors (Lipinski definition) is 4. The third-order valence-electron chi connectivity index (χ3n) is 2.22.